The summed E-state index contributed by atoms with van der Waals surface area (Å²) in [5.41, 5.74) is -0.596. The number of halogens is 4. The van der Waals surface area contributed by atoms with Crippen LogP contribution in [0.2, 0.25) is 0 Å². The quantitative estimate of drug-likeness (QED) is 0.910. The summed E-state index contributed by atoms with van der Waals surface area (Å²) >= 11 is 3.06. The zero-order valence-electron chi connectivity index (χ0n) is 10.7. The van der Waals surface area contributed by atoms with E-state index in [-0.39, 0.29) is 5.69 Å². The van der Waals surface area contributed by atoms with Crippen LogP contribution in [0.25, 0.3) is 0 Å². The topological polar surface area (TPSA) is 29.9 Å². The fourth-order valence-corrected chi connectivity index (χ4v) is 2.21. The SMILES string of the molecule is Cn1ccnc1CCNc1ccc(Br)cc1C(F)(F)F. The first-order valence-corrected chi connectivity index (χ1v) is 6.74. The molecule has 1 aromatic heterocycles. The Morgan fingerprint density at radius 1 is 1.35 bits per heavy atom. The van der Waals surface area contributed by atoms with E-state index in [2.05, 4.69) is 26.2 Å². The van der Waals surface area contributed by atoms with Gasteiger partial charge in [-0.2, -0.15) is 13.2 Å². The van der Waals surface area contributed by atoms with E-state index in [0.29, 0.717) is 17.4 Å². The van der Waals surface area contributed by atoms with E-state index in [4.69, 9.17) is 0 Å². The molecule has 0 radical (unpaired) electrons. The van der Waals surface area contributed by atoms with Gasteiger partial charge in [0, 0.05) is 42.6 Å². The van der Waals surface area contributed by atoms with Gasteiger partial charge in [0.15, 0.2) is 0 Å². The first-order chi connectivity index (χ1) is 9.38. The van der Waals surface area contributed by atoms with E-state index in [0.717, 1.165) is 11.9 Å². The van der Waals surface area contributed by atoms with Gasteiger partial charge in [0.1, 0.15) is 5.82 Å². The molecule has 2 rings (SSSR count). The van der Waals surface area contributed by atoms with Crippen LogP contribution in [0.1, 0.15) is 11.4 Å². The third-order valence-corrected chi connectivity index (χ3v) is 3.37. The maximum atomic E-state index is 12.9. The van der Waals surface area contributed by atoms with Gasteiger partial charge in [-0.1, -0.05) is 15.9 Å². The lowest BCUT2D eigenvalue weighted by Gasteiger charge is -2.15. The lowest BCUT2D eigenvalue weighted by molar-refractivity contribution is -0.137. The summed E-state index contributed by atoms with van der Waals surface area (Å²) in [6, 6.07) is 4.08. The molecule has 0 unspecified atom stereocenters. The molecular formula is C13H13BrF3N3. The van der Waals surface area contributed by atoms with Crippen LogP contribution < -0.4 is 5.32 Å². The van der Waals surface area contributed by atoms with Gasteiger partial charge >= 0.3 is 6.18 Å². The molecule has 1 N–H and O–H groups in total. The fourth-order valence-electron chi connectivity index (χ4n) is 1.85. The number of nitrogens with zero attached hydrogens (tertiary/aromatic N) is 2. The molecule has 0 saturated carbocycles. The smallest absolute Gasteiger partial charge is 0.384 e. The second-order valence-electron chi connectivity index (χ2n) is 4.32. The predicted octanol–water partition coefficient (Wildman–Crippen LogP) is 3.86. The summed E-state index contributed by atoms with van der Waals surface area (Å²) in [5.74, 6) is 0.822. The third-order valence-electron chi connectivity index (χ3n) is 2.87. The van der Waals surface area contributed by atoms with Crippen molar-refractivity contribution in [1.29, 1.82) is 0 Å². The summed E-state index contributed by atoms with van der Waals surface area (Å²) in [6.45, 7) is 0.384. The Morgan fingerprint density at radius 2 is 2.10 bits per heavy atom. The summed E-state index contributed by atoms with van der Waals surface area (Å²) in [5, 5.41) is 2.82. The number of alkyl halides is 3. The Bertz CT molecular complexity index is 593. The minimum absolute atomic E-state index is 0.0786. The molecule has 0 fully saturated rings. The minimum atomic E-state index is -4.38. The van der Waals surface area contributed by atoms with E-state index in [1.807, 2.05) is 11.6 Å². The summed E-state index contributed by atoms with van der Waals surface area (Å²) < 4.78 is 41.0. The average Bonchev–Trinajstić information content (AvgIpc) is 2.76. The first-order valence-electron chi connectivity index (χ1n) is 5.95. The molecule has 0 bridgehead atoms. The van der Waals surface area contributed by atoms with Gasteiger partial charge < -0.3 is 9.88 Å². The monoisotopic (exact) mass is 347 g/mol. The normalized spacial score (nSPS) is 11.7. The average molecular weight is 348 g/mol. The molecule has 1 heterocycles. The van der Waals surface area contributed by atoms with Crippen molar-refractivity contribution in [3.63, 3.8) is 0 Å². The molecule has 0 amide bonds. The van der Waals surface area contributed by atoms with E-state index >= 15 is 0 Å². The minimum Gasteiger partial charge on any atom is -0.384 e. The molecular weight excluding hydrogens is 335 g/mol. The van der Waals surface area contributed by atoms with Gasteiger partial charge in [0.25, 0.3) is 0 Å². The van der Waals surface area contributed by atoms with Gasteiger partial charge in [-0.05, 0) is 18.2 Å². The lowest BCUT2D eigenvalue weighted by Crippen LogP contribution is -2.14. The highest BCUT2D eigenvalue weighted by Gasteiger charge is 2.33. The fraction of sp³-hybridized carbons (Fsp3) is 0.308. The van der Waals surface area contributed by atoms with Crippen LogP contribution in [0.15, 0.2) is 35.1 Å². The maximum Gasteiger partial charge on any atom is 0.418 e. The standard InChI is InChI=1S/C13H13BrF3N3/c1-20-7-6-19-12(20)4-5-18-11-3-2-9(14)8-10(11)13(15,16)17/h2-3,6-8,18H,4-5H2,1H3. The van der Waals surface area contributed by atoms with Crippen LogP contribution in [0.4, 0.5) is 18.9 Å². The number of rotatable bonds is 4. The van der Waals surface area contributed by atoms with E-state index < -0.39 is 11.7 Å². The molecule has 20 heavy (non-hydrogen) atoms. The molecule has 0 aliphatic carbocycles. The Kier molecular flexibility index (Phi) is 4.37. The highest BCUT2D eigenvalue weighted by Crippen LogP contribution is 2.36. The van der Waals surface area contributed by atoms with Crippen molar-refractivity contribution in [2.24, 2.45) is 7.05 Å². The second kappa shape index (κ2) is 5.87. The highest BCUT2D eigenvalue weighted by atomic mass is 79.9. The summed E-state index contributed by atoms with van der Waals surface area (Å²) in [4.78, 5) is 4.13. The third kappa shape index (κ3) is 3.53. The summed E-state index contributed by atoms with van der Waals surface area (Å²) in [7, 11) is 1.85. The molecule has 1 aromatic carbocycles. The van der Waals surface area contributed by atoms with Crippen LogP contribution in [0, 0.1) is 0 Å². The van der Waals surface area contributed by atoms with Crippen LogP contribution in [0.5, 0.6) is 0 Å². The zero-order valence-corrected chi connectivity index (χ0v) is 12.3. The van der Waals surface area contributed by atoms with Gasteiger partial charge in [0.2, 0.25) is 0 Å². The molecule has 0 atom stereocenters. The number of hydrogen-bond acceptors (Lipinski definition) is 2. The van der Waals surface area contributed by atoms with Gasteiger partial charge in [0.05, 0.1) is 5.56 Å². The van der Waals surface area contributed by atoms with Crippen molar-refractivity contribution in [3.8, 4) is 0 Å². The highest BCUT2D eigenvalue weighted by molar-refractivity contribution is 9.10. The molecule has 2 aromatic rings. The largest absolute Gasteiger partial charge is 0.418 e. The van der Waals surface area contributed by atoms with Gasteiger partial charge in [-0.3, -0.25) is 0 Å². The number of nitrogens with one attached hydrogen (secondary N) is 1. The molecule has 108 valence electrons. The number of benzene rings is 1. The van der Waals surface area contributed by atoms with Crippen molar-refractivity contribution in [1.82, 2.24) is 9.55 Å². The lowest BCUT2D eigenvalue weighted by atomic mass is 10.1. The first kappa shape index (κ1) is 14.9. The van der Waals surface area contributed by atoms with Crippen LogP contribution >= 0.6 is 15.9 Å². The van der Waals surface area contributed by atoms with Gasteiger partial charge in [-0.25, -0.2) is 4.98 Å². The summed E-state index contributed by atoms with van der Waals surface area (Å²) in [6.07, 6.45) is -0.363. The van der Waals surface area contributed by atoms with Crippen molar-refractivity contribution in [3.05, 3.63) is 46.5 Å². The van der Waals surface area contributed by atoms with Crippen molar-refractivity contribution in [2.75, 3.05) is 11.9 Å². The van der Waals surface area contributed by atoms with Crippen molar-refractivity contribution < 1.29 is 13.2 Å². The molecule has 0 saturated heterocycles. The Morgan fingerprint density at radius 3 is 2.70 bits per heavy atom. The Labute approximate surface area is 123 Å². The Balaban J connectivity index is 2.08. The van der Waals surface area contributed by atoms with E-state index in [1.54, 1.807) is 18.5 Å². The zero-order chi connectivity index (χ0) is 14.8. The van der Waals surface area contributed by atoms with Crippen molar-refractivity contribution in [2.45, 2.75) is 12.6 Å². The second-order valence-corrected chi connectivity index (χ2v) is 5.23. The van der Waals surface area contributed by atoms with Crippen LogP contribution in [0.3, 0.4) is 0 Å². The van der Waals surface area contributed by atoms with E-state index in [1.165, 1.54) is 6.07 Å². The van der Waals surface area contributed by atoms with Crippen molar-refractivity contribution >= 4 is 21.6 Å². The van der Waals surface area contributed by atoms with Crippen LogP contribution in [-0.4, -0.2) is 16.1 Å². The number of aryl methyl sites for hydroxylation is 1. The van der Waals surface area contributed by atoms with Crippen LogP contribution in [-0.2, 0) is 19.6 Å². The Hall–Kier alpha value is -1.50. The molecule has 0 aliphatic heterocycles. The molecule has 0 aliphatic rings. The molecule has 0 spiro atoms. The number of hydrogen-bond donors (Lipinski definition) is 1. The number of imidazole rings is 1. The maximum absolute atomic E-state index is 12.9. The number of anilines is 1. The number of aromatic nitrogens is 2. The van der Waals surface area contributed by atoms with Gasteiger partial charge in [-0.15, -0.1) is 0 Å². The molecule has 3 nitrogen and oxygen atoms in total. The van der Waals surface area contributed by atoms with E-state index in [9.17, 15) is 13.2 Å². The predicted molar refractivity (Wildman–Crippen MR) is 74.5 cm³/mol. The molecule has 7 heteroatoms.